The van der Waals surface area contributed by atoms with E-state index >= 15 is 0 Å². The Balaban J connectivity index is 1.11. The van der Waals surface area contributed by atoms with Gasteiger partial charge in [0.15, 0.2) is 5.60 Å². The zero-order valence-corrected chi connectivity index (χ0v) is 26.4. The summed E-state index contributed by atoms with van der Waals surface area (Å²) in [5.41, 5.74) is 1.67. The Morgan fingerprint density at radius 1 is 0.915 bits per heavy atom. The van der Waals surface area contributed by atoms with Crippen LogP contribution < -0.4 is 9.47 Å². The van der Waals surface area contributed by atoms with E-state index in [1.165, 1.54) is 19.6 Å². The average molecular weight is 655 g/mol. The minimum atomic E-state index is -1.54. The quantitative estimate of drug-likeness (QED) is 0.169. The summed E-state index contributed by atoms with van der Waals surface area (Å²) in [6.07, 6.45) is 1.84. The predicted octanol–water partition coefficient (Wildman–Crippen LogP) is 2.59. The van der Waals surface area contributed by atoms with Crippen molar-refractivity contribution in [3.8, 4) is 11.5 Å². The molecule has 4 N–H and O–H groups in total. The van der Waals surface area contributed by atoms with Gasteiger partial charge in [-0.3, -0.25) is 0 Å². The molecule has 8 rings (SSSR count). The van der Waals surface area contributed by atoms with Crippen molar-refractivity contribution in [2.75, 3.05) is 20.8 Å². The molecule has 4 unspecified atom stereocenters. The number of carbonyl (C=O) groups is 1. The molecule has 2 saturated heterocycles. The average Bonchev–Trinajstić information content (AvgIpc) is 3.07. The van der Waals surface area contributed by atoms with Crippen LogP contribution in [0.4, 0.5) is 0 Å². The third-order valence-corrected chi connectivity index (χ3v) is 10.9. The van der Waals surface area contributed by atoms with Crippen molar-refractivity contribution < 1.29 is 58.7 Å². The van der Waals surface area contributed by atoms with Crippen molar-refractivity contribution in [1.82, 2.24) is 0 Å². The molecule has 0 radical (unpaired) electrons. The van der Waals surface area contributed by atoms with E-state index in [4.69, 9.17) is 33.5 Å². The van der Waals surface area contributed by atoms with Gasteiger partial charge >= 0.3 is 5.97 Å². The van der Waals surface area contributed by atoms with Crippen molar-refractivity contribution in [3.63, 3.8) is 0 Å². The lowest BCUT2D eigenvalue weighted by Crippen LogP contribution is -2.76. The van der Waals surface area contributed by atoms with Crippen molar-refractivity contribution in [3.05, 3.63) is 65.2 Å². The Kier molecular flexibility index (Phi) is 8.81. The Bertz CT molecular complexity index is 1440. The fourth-order valence-electron chi connectivity index (χ4n) is 8.71. The smallest absolute Gasteiger partial charge is 0.330 e. The Labute approximate surface area is 272 Å². The molecule has 12 heteroatoms. The van der Waals surface area contributed by atoms with Gasteiger partial charge in [-0.15, -0.1) is 0 Å². The molecular formula is C35H42O12. The molecule has 2 aliphatic heterocycles. The van der Waals surface area contributed by atoms with E-state index in [0.717, 1.165) is 48.6 Å². The third-order valence-electron chi connectivity index (χ3n) is 10.9. The van der Waals surface area contributed by atoms with E-state index in [1.54, 1.807) is 37.5 Å². The van der Waals surface area contributed by atoms with Crippen molar-refractivity contribution >= 4 is 12.0 Å². The van der Waals surface area contributed by atoms with Crippen LogP contribution in [0.15, 0.2) is 48.5 Å². The van der Waals surface area contributed by atoms with Crippen molar-refractivity contribution in [1.29, 1.82) is 0 Å². The highest BCUT2D eigenvalue weighted by Crippen LogP contribution is 2.69. The first-order valence-corrected chi connectivity index (χ1v) is 16.2. The normalized spacial score (nSPS) is 38.8. The van der Waals surface area contributed by atoms with Crippen LogP contribution in [0.3, 0.4) is 0 Å². The molecule has 4 aliphatic carbocycles. The van der Waals surface area contributed by atoms with Gasteiger partial charge in [-0.1, -0.05) is 24.3 Å². The lowest BCUT2D eigenvalue weighted by Gasteiger charge is -2.68. The van der Waals surface area contributed by atoms with E-state index in [1.807, 2.05) is 18.2 Å². The number of rotatable bonds is 10. The van der Waals surface area contributed by atoms with Crippen LogP contribution in [-0.4, -0.2) is 83.5 Å². The highest BCUT2D eigenvalue weighted by Gasteiger charge is 2.76. The molecule has 6 aliphatic rings. The number of benzene rings is 2. The van der Waals surface area contributed by atoms with Gasteiger partial charge in [-0.25, -0.2) is 9.68 Å². The number of aliphatic hydroxyl groups excluding tert-OH is 4. The summed E-state index contributed by atoms with van der Waals surface area (Å²) in [6.45, 7) is -0.382. The molecule has 4 saturated carbocycles. The SMILES string of the molecule is COC(=O)/C=C/c1ccc(C2(OC)OOC23C2CC4CC(C2)CC3C4)cc1OCc1ccc(O[C@@H]2OC(CO)[C@H](O)C(O)C2O)cc1. The maximum Gasteiger partial charge on any atom is 0.330 e. The number of esters is 1. The van der Waals surface area contributed by atoms with Crippen molar-refractivity contribution in [2.45, 2.75) is 80.8 Å². The number of aliphatic hydroxyl groups is 4. The van der Waals surface area contributed by atoms with Crippen LogP contribution in [0.1, 0.15) is 48.8 Å². The Morgan fingerprint density at radius 2 is 1.62 bits per heavy atom. The summed E-state index contributed by atoms with van der Waals surface area (Å²) in [5.74, 6) is 1.44. The molecule has 0 aromatic heterocycles. The van der Waals surface area contributed by atoms with Crippen LogP contribution in [0, 0.1) is 23.7 Å². The monoisotopic (exact) mass is 654 g/mol. The minimum Gasteiger partial charge on any atom is -0.488 e. The molecular weight excluding hydrogens is 612 g/mol. The van der Waals surface area contributed by atoms with Crippen LogP contribution in [0.2, 0.25) is 0 Å². The first-order chi connectivity index (χ1) is 22.7. The predicted molar refractivity (Wildman–Crippen MR) is 163 cm³/mol. The summed E-state index contributed by atoms with van der Waals surface area (Å²) in [5, 5.41) is 39.8. The van der Waals surface area contributed by atoms with Gasteiger partial charge in [0.25, 0.3) is 5.79 Å². The first-order valence-electron chi connectivity index (χ1n) is 16.2. The number of methoxy groups -OCH3 is 2. The van der Waals surface area contributed by atoms with E-state index in [-0.39, 0.29) is 6.61 Å². The standard InChI is InChI=1S/C35H42O12/c1-41-29(37)10-6-22-5-7-23(35(42-2)34(46-47-35)24-12-20-11-21(14-24)15-25(34)13-20)16-27(22)43-18-19-3-8-26(9-4-19)44-33-32(40)31(39)30(38)28(17-36)45-33/h3-10,16,20-21,24-25,28,30-33,36,38-40H,11-15,17-18H2,1-2H3/b10-6+/t20?,21?,24?,25?,28?,30-,31?,32?,33+,34?,35?/m0/s1. The molecule has 12 nitrogen and oxygen atoms in total. The zero-order valence-electron chi connectivity index (χ0n) is 26.4. The first kappa shape index (κ1) is 32.5. The molecule has 2 aromatic carbocycles. The van der Waals surface area contributed by atoms with E-state index in [0.29, 0.717) is 28.9 Å². The molecule has 2 heterocycles. The van der Waals surface area contributed by atoms with Crippen LogP contribution >= 0.6 is 0 Å². The van der Waals surface area contributed by atoms with Gasteiger partial charge in [-0.05, 0) is 85.6 Å². The Morgan fingerprint density at radius 3 is 2.21 bits per heavy atom. The second-order valence-corrected chi connectivity index (χ2v) is 13.4. The minimum absolute atomic E-state index is 0.167. The van der Waals surface area contributed by atoms with Crippen LogP contribution in [0.25, 0.3) is 6.08 Å². The number of carbonyl (C=O) groups excluding carboxylic acids is 1. The maximum atomic E-state index is 11.9. The topological polar surface area (TPSA) is 163 Å². The van der Waals surface area contributed by atoms with Gasteiger partial charge in [0, 0.05) is 24.3 Å². The van der Waals surface area contributed by atoms with E-state index in [2.05, 4.69) is 0 Å². The van der Waals surface area contributed by atoms with Gasteiger partial charge in [0.2, 0.25) is 6.29 Å². The van der Waals surface area contributed by atoms with E-state index < -0.39 is 54.7 Å². The third kappa shape index (κ3) is 5.44. The molecule has 6 atom stereocenters. The molecule has 6 fully saturated rings. The van der Waals surface area contributed by atoms with Crippen LogP contribution in [-0.2, 0) is 41.2 Å². The number of hydrogen-bond acceptors (Lipinski definition) is 12. The molecule has 254 valence electrons. The summed E-state index contributed by atoms with van der Waals surface area (Å²) >= 11 is 0. The Hall–Kier alpha value is -3.07. The molecule has 1 spiro atoms. The summed E-state index contributed by atoms with van der Waals surface area (Å²) in [4.78, 5) is 24.0. The molecule has 47 heavy (non-hydrogen) atoms. The lowest BCUT2D eigenvalue weighted by atomic mass is 9.47. The zero-order chi connectivity index (χ0) is 32.9. The van der Waals surface area contributed by atoms with Crippen LogP contribution in [0.5, 0.6) is 11.5 Å². The largest absolute Gasteiger partial charge is 0.488 e. The van der Waals surface area contributed by atoms with Gasteiger partial charge in [0.05, 0.1) is 13.7 Å². The second-order valence-electron chi connectivity index (χ2n) is 13.4. The van der Waals surface area contributed by atoms with Gasteiger partial charge in [0.1, 0.15) is 42.5 Å². The summed E-state index contributed by atoms with van der Waals surface area (Å²) in [7, 11) is 2.98. The summed E-state index contributed by atoms with van der Waals surface area (Å²) in [6, 6.07) is 12.6. The van der Waals surface area contributed by atoms with Gasteiger partial charge < -0.3 is 44.1 Å². The van der Waals surface area contributed by atoms with E-state index in [9.17, 15) is 25.2 Å². The highest BCUT2D eigenvalue weighted by molar-refractivity contribution is 5.87. The highest BCUT2D eigenvalue weighted by atomic mass is 17.3. The fraction of sp³-hybridized carbons (Fsp3) is 0.571. The molecule has 2 aromatic rings. The molecule has 4 bridgehead atoms. The van der Waals surface area contributed by atoms with Gasteiger partial charge in [-0.2, -0.15) is 4.89 Å². The molecule has 0 amide bonds. The van der Waals surface area contributed by atoms with Crippen molar-refractivity contribution in [2.24, 2.45) is 23.7 Å². The number of hydrogen-bond donors (Lipinski definition) is 4. The maximum absolute atomic E-state index is 11.9. The lowest BCUT2D eigenvalue weighted by molar-refractivity contribution is -0.645. The second kappa shape index (κ2) is 12.8. The summed E-state index contributed by atoms with van der Waals surface area (Å²) < 4.78 is 28.5. The fourth-order valence-corrected chi connectivity index (χ4v) is 8.71. The number of ether oxygens (including phenoxy) is 5.